The van der Waals surface area contributed by atoms with Gasteiger partial charge in [0.1, 0.15) is 5.75 Å². The van der Waals surface area contributed by atoms with Crippen molar-refractivity contribution in [2.45, 2.75) is 31.8 Å². The van der Waals surface area contributed by atoms with E-state index in [4.69, 9.17) is 16.3 Å². The lowest BCUT2D eigenvalue weighted by Crippen LogP contribution is -2.30. The molecule has 2 heterocycles. The molecular formula is C17H18ClN3O3. The average molecular weight is 348 g/mol. The van der Waals surface area contributed by atoms with E-state index < -0.39 is 0 Å². The number of para-hydroxylation sites is 1. The number of halogens is 1. The Labute approximate surface area is 144 Å². The van der Waals surface area contributed by atoms with E-state index in [-0.39, 0.29) is 23.9 Å². The van der Waals surface area contributed by atoms with Gasteiger partial charge in [-0.15, -0.1) is 0 Å². The van der Waals surface area contributed by atoms with Crippen molar-refractivity contribution in [3.05, 3.63) is 57.7 Å². The van der Waals surface area contributed by atoms with Crippen LogP contribution in [0.25, 0.3) is 0 Å². The molecule has 1 aromatic carbocycles. The fraction of sp³-hybridized carbons (Fsp3) is 0.353. The van der Waals surface area contributed by atoms with Crippen molar-refractivity contribution in [3.8, 4) is 5.75 Å². The molecule has 1 aliphatic rings. The zero-order valence-electron chi connectivity index (χ0n) is 13.1. The standard InChI is InChI=1S/C17H18ClN3O3/c18-13-4-1-3-12-14(5-2-10-24-17(12)13)20-15(22)7-9-21-11-19-8-6-16(21)23/h1,3-4,6,8,11,14H,2,5,7,9-10H2,(H,20,22). The van der Waals surface area contributed by atoms with Crippen LogP contribution in [0.2, 0.25) is 5.02 Å². The number of fused-ring (bicyclic) bond motifs is 1. The van der Waals surface area contributed by atoms with Gasteiger partial charge in [-0.2, -0.15) is 0 Å². The molecule has 1 unspecified atom stereocenters. The second kappa shape index (κ2) is 7.49. The number of ether oxygens (including phenoxy) is 1. The molecule has 1 aliphatic heterocycles. The van der Waals surface area contributed by atoms with Gasteiger partial charge >= 0.3 is 0 Å². The molecule has 0 fully saturated rings. The number of aryl methyl sites for hydroxylation is 1. The van der Waals surface area contributed by atoms with Crippen LogP contribution in [0.5, 0.6) is 5.75 Å². The number of hydrogen-bond acceptors (Lipinski definition) is 4. The van der Waals surface area contributed by atoms with E-state index >= 15 is 0 Å². The van der Waals surface area contributed by atoms with Gasteiger partial charge in [0.2, 0.25) is 5.91 Å². The van der Waals surface area contributed by atoms with E-state index in [9.17, 15) is 9.59 Å². The monoisotopic (exact) mass is 347 g/mol. The number of carbonyl (C=O) groups is 1. The molecule has 0 saturated carbocycles. The molecule has 0 radical (unpaired) electrons. The average Bonchev–Trinajstić information content (AvgIpc) is 2.78. The summed E-state index contributed by atoms with van der Waals surface area (Å²) in [6.45, 7) is 0.873. The van der Waals surface area contributed by atoms with Gasteiger partial charge in [-0.25, -0.2) is 4.98 Å². The first kappa shape index (κ1) is 16.5. The molecule has 7 heteroatoms. The van der Waals surface area contributed by atoms with Crippen LogP contribution in [0.1, 0.15) is 30.9 Å². The fourth-order valence-electron chi connectivity index (χ4n) is 2.75. The first-order valence-corrected chi connectivity index (χ1v) is 8.24. The van der Waals surface area contributed by atoms with Crippen LogP contribution in [0.3, 0.4) is 0 Å². The Bertz CT molecular complexity index is 791. The van der Waals surface area contributed by atoms with Crippen molar-refractivity contribution >= 4 is 17.5 Å². The molecule has 24 heavy (non-hydrogen) atoms. The van der Waals surface area contributed by atoms with Crippen LogP contribution in [-0.4, -0.2) is 22.1 Å². The first-order valence-electron chi connectivity index (χ1n) is 7.86. The van der Waals surface area contributed by atoms with Gasteiger partial charge in [0.25, 0.3) is 5.56 Å². The highest BCUT2D eigenvalue weighted by molar-refractivity contribution is 6.32. The molecule has 3 rings (SSSR count). The van der Waals surface area contributed by atoms with Gasteiger partial charge in [-0.1, -0.05) is 23.7 Å². The maximum absolute atomic E-state index is 12.3. The highest BCUT2D eigenvalue weighted by Crippen LogP contribution is 2.36. The Balaban J connectivity index is 1.67. The van der Waals surface area contributed by atoms with Crippen LogP contribution in [0.15, 0.2) is 41.6 Å². The topological polar surface area (TPSA) is 73.2 Å². The van der Waals surface area contributed by atoms with Gasteiger partial charge in [-0.3, -0.25) is 14.2 Å². The maximum Gasteiger partial charge on any atom is 0.253 e. The third-order valence-corrected chi connectivity index (χ3v) is 4.26. The second-order valence-corrected chi connectivity index (χ2v) is 6.04. The van der Waals surface area contributed by atoms with E-state index in [1.54, 1.807) is 6.07 Å². The Morgan fingerprint density at radius 1 is 1.42 bits per heavy atom. The van der Waals surface area contributed by atoms with Crippen LogP contribution < -0.4 is 15.6 Å². The number of amides is 1. The molecule has 0 aliphatic carbocycles. The number of aromatic nitrogens is 2. The third-order valence-electron chi connectivity index (χ3n) is 3.96. The van der Waals surface area contributed by atoms with Crippen molar-refractivity contribution in [2.24, 2.45) is 0 Å². The van der Waals surface area contributed by atoms with Crippen molar-refractivity contribution in [2.75, 3.05) is 6.61 Å². The molecule has 0 saturated heterocycles. The number of hydrogen-bond donors (Lipinski definition) is 1. The van der Waals surface area contributed by atoms with Crippen LogP contribution in [0, 0.1) is 0 Å². The van der Waals surface area contributed by atoms with Crippen molar-refractivity contribution in [1.29, 1.82) is 0 Å². The molecule has 0 spiro atoms. The number of nitrogens with one attached hydrogen (secondary N) is 1. The minimum Gasteiger partial charge on any atom is -0.492 e. The highest BCUT2D eigenvalue weighted by Gasteiger charge is 2.23. The lowest BCUT2D eigenvalue weighted by Gasteiger charge is -2.19. The third kappa shape index (κ3) is 3.76. The molecule has 1 atom stereocenters. The molecule has 1 N–H and O–H groups in total. The minimum absolute atomic E-state index is 0.122. The summed E-state index contributed by atoms with van der Waals surface area (Å²) in [6.07, 6.45) is 4.69. The van der Waals surface area contributed by atoms with E-state index in [1.165, 1.54) is 23.2 Å². The van der Waals surface area contributed by atoms with Gasteiger partial charge in [0.15, 0.2) is 0 Å². The normalized spacial score (nSPS) is 16.6. The number of rotatable bonds is 4. The zero-order valence-corrected chi connectivity index (χ0v) is 13.8. The molecule has 0 bridgehead atoms. The quantitative estimate of drug-likeness (QED) is 0.921. The van der Waals surface area contributed by atoms with E-state index in [0.29, 0.717) is 23.9 Å². The Hall–Kier alpha value is -2.34. The summed E-state index contributed by atoms with van der Waals surface area (Å²) in [4.78, 5) is 27.8. The summed E-state index contributed by atoms with van der Waals surface area (Å²) in [5, 5.41) is 3.57. The highest BCUT2D eigenvalue weighted by atomic mass is 35.5. The van der Waals surface area contributed by atoms with Crippen molar-refractivity contribution < 1.29 is 9.53 Å². The van der Waals surface area contributed by atoms with E-state index in [2.05, 4.69) is 10.3 Å². The molecule has 2 aromatic rings. The fourth-order valence-corrected chi connectivity index (χ4v) is 2.99. The first-order chi connectivity index (χ1) is 11.6. The lowest BCUT2D eigenvalue weighted by molar-refractivity contribution is -0.122. The maximum atomic E-state index is 12.3. The van der Waals surface area contributed by atoms with Crippen LogP contribution in [-0.2, 0) is 11.3 Å². The van der Waals surface area contributed by atoms with Gasteiger partial charge < -0.3 is 10.1 Å². The summed E-state index contributed by atoms with van der Waals surface area (Å²) in [6, 6.07) is 6.78. The molecular weight excluding hydrogens is 330 g/mol. The second-order valence-electron chi connectivity index (χ2n) is 5.63. The Kier molecular flexibility index (Phi) is 5.15. The summed E-state index contributed by atoms with van der Waals surface area (Å²) in [7, 11) is 0. The zero-order chi connectivity index (χ0) is 16.9. The predicted octanol–water partition coefficient (Wildman–Crippen LogP) is 2.32. The van der Waals surface area contributed by atoms with Crippen molar-refractivity contribution in [3.63, 3.8) is 0 Å². The molecule has 126 valence electrons. The molecule has 1 aromatic heterocycles. The number of carbonyl (C=O) groups excluding carboxylic acids is 1. The summed E-state index contributed by atoms with van der Waals surface area (Å²) < 4.78 is 7.12. The van der Waals surface area contributed by atoms with E-state index in [1.807, 2.05) is 12.1 Å². The molecule has 6 nitrogen and oxygen atoms in total. The minimum atomic E-state index is -0.169. The van der Waals surface area contributed by atoms with Gasteiger partial charge in [0.05, 0.1) is 24.0 Å². The summed E-state index contributed by atoms with van der Waals surface area (Å²) >= 11 is 6.19. The Morgan fingerprint density at radius 3 is 3.12 bits per heavy atom. The largest absolute Gasteiger partial charge is 0.492 e. The summed E-state index contributed by atoms with van der Waals surface area (Å²) in [5.74, 6) is 0.522. The van der Waals surface area contributed by atoms with Gasteiger partial charge in [-0.05, 0) is 18.9 Å². The SMILES string of the molecule is O=C(CCn1cnccc1=O)NC1CCCOc2c(Cl)cccc21. The number of benzene rings is 1. The van der Waals surface area contributed by atoms with Crippen molar-refractivity contribution in [1.82, 2.24) is 14.9 Å². The summed E-state index contributed by atoms with van der Waals surface area (Å²) in [5.41, 5.74) is 0.727. The smallest absolute Gasteiger partial charge is 0.253 e. The van der Waals surface area contributed by atoms with Crippen LogP contribution in [0.4, 0.5) is 0 Å². The number of nitrogens with zero attached hydrogens (tertiary/aromatic N) is 2. The molecule has 1 amide bonds. The lowest BCUT2D eigenvalue weighted by atomic mass is 10.0. The Morgan fingerprint density at radius 2 is 2.29 bits per heavy atom. The van der Waals surface area contributed by atoms with Crippen LogP contribution >= 0.6 is 11.6 Å². The van der Waals surface area contributed by atoms with Gasteiger partial charge in [0, 0.05) is 30.8 Å². The predicted molar refractivity (Wildman–Crippen MR) is 90.2 cm³/mol. The van der Waals surface area contributed by atoms with E-state index in [0.717, 1.165) is 18.4 Å².